The van der Waals surface area contributed by atoms with Crippen molar-refractivity contribution in [1.29, 1.82) is 0 Å². The molecule has 7 heteroatoms. The predicted octanol–water partition coefficient (Wildman–Crippen LogP) is 6.56. The minimum atomic E-state index is -4.86. The largest absolute Gasteiger partial charge is 0.573 e. The third kappa shape index (κ3) is 5.11. The zero-order valence-corrected chi connectivity index (χ0v) is 16.8. The fraction of sp³-hybridized carbons (Fsp3) is 0.120. The van der Waals surface area contributed by atoms with Crippen LogP contribution >= 0.6 is 0 Å². The van der Waals surface area contributed by atoms with Crippen LogP contribution in [0, 0.1) is 5.82 Å². The second-order valence-corrected chi connectivity index (χ2v) is 7.17. The van der Waals surface area contributed by atoms with Gasteiger partial charge in [-0.25, -0.2) is 4.39 Å². The number of alkyl halides is 3. The van der Waals surface area contributed by atoms with Crippen molar-refractivity contribution in [2.75, 3.05) is 0 Å². The molecule has 0 N–H and O–H groups in total. The molecule has 32 heavy (non-hydrogen) atoms. The number of para-hydroxylation sites is 1. The van der Waals surface area contributed by atoms with Crippen molar-refractivity contribution in [3.05, 3.63) is 114 Å². The number of hydrogen-bond donors (Lipinski definition) is 0. The molecule has 0 fully saturated rings. The highest BCUT2D eigenvalue weighted by atomic mass is 19.4. The number of nitrogens with zero attached hydrogens (tertiary/aromatic N) is 2. The van der Waals surface area contributed by atoms with Crippen LogP contribution < -0.4 is 4.74 Å². The second-order valence-electron chi connectivity index (χ2n) is 7.17. The number of ether oxygens (including phenoxy) is 1. The van der Waals surface area contributed by atoms with E-state index in [1.807, 2.05) is 24.3 Å². The second kappa shape index (κ2) is 9.18. The monoisotopic (exact) mass is 438 g/mol. The number of pyridine rings is 2. The smallest absolute Gasteiger partial charge is 0.405 e. The molecule has 4 aromatic rings. The number of halogens is 4. The van der Waals surface area contributed by atoms with Crippen molar-refractivity contribution in [2.24, 2.45) is 0 Å². The van der Waals surface area contributed by atoms with Crippen LogP contribution in [-0.2, 0) is 6.42 Å². The molecule has 0 saturated heterocycles. The minimum absolute atomic E-state index is 0.162. The Morgan fingerprint density at radius 3 is 2.03 bits per heavy atom. The van der Waals surface area contributed by atoms with Gasteiger partial charge in [0.1, 0.15) is 11.6 Å². The van der Waals surface area contributed by atoms with Crippen molar-refractivity contribution in [3.63, 3.8) is 0 Å². The first-order valence-corrected chi connectivity index (χ1v) is 9.84. The highest BCUT2D eigenvalue weighted by molar-refractivity contribution is 5.73. The Hall–Kier alpha value is -3.74. The van der Waals surface area contributed by atoms with E-state index >= 15 is 0 Å². The molecule has 0 bridgehead atoms. The first kappa shape index (κ1) is 21.5. The average Bonchev–Trinajstić information content (AvgIpc) is 2.79. The topological polar surface area (TPSA) is 35.0 Å². The molecule has 2 aromatic heterocycles. The molecule has 0 radical (unpaired) electrons. The van der Waals surface area contributed by atoms with Crippen LogP contribution in [-0.4, -0.2) is 16.3 Å². The maximum absolute atomic E-state index is 14.2. The summed E-state index contributed by atoms with van der Waals surface area (Å²) in [5.41, 5.74) is 2.99. The number of benzene rings is 2. The molecule has 3 nitrogen and oxygen atoms in total. The van der Waals surface area contributed by atoms with E-state index in [-0.39, 0.29) is 17.2 Å². The van der Waals surface area contributed by atoms with Crippen molar-refractivity contribution in [2.45, 2.75) is 18.7 Å². The van der Waals surface area contributed by atoms with E-state index in [1.54, 1.807) is 36.9 Å². The summed E-state index contributed by atoms with van der Waals surface area (Å²) in [7, 11) is 0. The fourth-order valence-electron chi connectivity index (χ4n) is 3.69. The van der Waals surface area contributed by atoms with Gasteiger partial charge in [-0.2, -0.15) is 0 Å². The lowest BCUT2D eigenvalue weighted by Crippen LogP contribution is -2.17. The first-order chi connectivity index (χ1) is 15.4. The van der Waals surface area contributed by atoms with E-state index in [2.05, 4.69) is 14.7 Å². The lowest BCUT2D eigenvalue weighted by atomic mass is 9.85. The van der Waals surface area contributed by atoms with E-state index in [1.165, 1.54) is 30.3 Å². The summed E-state index contributed by atoms with van der Waals surface area (Å²) in [4.78, 5) is 8.39. The van der Waals surface area contributed by atoms with E-state index < -0.39 is 12.2 Å². The third-order valence-corrected chi connectivity index (χ3v) is 5.07. The molecule has 0 atom stereocenters. The first-order valence-electron chi connectivity index (χ1n) is 9.84. The molecule has 0 saturated carbocycles. The van der Waals surface area contributed by atoms with Gasteiger partial charge >= 0.3 is 6.36 Å². The maximum atomic E-state index is 14.2. The minimum Gasteiger partial charge on any atom is -0.405 e. The normalized spacial score (nSPS) is 11.5. The van der Waals surface area contributed by atoms with E-state index in [4.69, 9.17) is 0 Å². The summed E-state index contributed by atoms with van der Waals surface area (Å²) in [5, 5.41) is 0. The van der Waals surface area contributed by atoms with Gasteiger partial charge in [0.15, 0.2) is 0 Å². The molecule has 0 spiro atoms. The summed E-state index contributed by atoms with van der Waals surface area (Å²) in [6.07, 6.45) is 2.34. The van der Waals surface area contributed by atoms with E-state index in [0.717, 1.165) is 11.1 Å². The molecule has 0 unspecified atom stereocenters. The van der Waals surface area contributed by atoms with Crippen LogP contribution in [0.1, 0.15) is 22.6 Å². The van der Waals surface area contributed by atoms with E-state index in [0.29, 0.717) is 17.5 Å². The summed E-state index contributed by atoms with van der Waals surface area (Å²) >= 11 is 0. The van der Waals surface area contributed by atoms with Crippen molar-refractivity contribution < 1.29 is 22.3 Å². The Bertz CT molecular complexity index is 1140. The highest BCUT2D eigenvalue weighted by Gasteiger charge is 2.32. The van der Waals surface area contributed by atoms with Crippen LogP contribution in [0.3, 0.4) is 0 Å². The highest BCUT2D eigenvalue weighted by Crippen LogP contribution is 2.38. The quantitative estimate of drug-likeness (QED) is 0.320. The molecule has 162 valence electrons. The van der Waals surface area contributed by atoms with Gasteiger partial charge in [0.2, 0.25) is 0 Å². The zero-order chi connectivity index (χ0) is 22.6. The van der Waals surface area contributed by atoms with Gasteiger partial charge in [-0.15, -0.1) is 13.2 Å². The van der Waals surface area contributed by atoms with Crippen molar-refractivity contribution in [1.82, 2.24) is 9.97 Å². The number of aromatic nitrogens is 2. The fourth-order valence-corrected chi connectivity index (χ4v) is 3.69. The predicted molar refractivity (Wildman–Crippen MR) is 113 cm³/mol. The number of hydrogen-bond acceptors (Lipinski definition) is 3. The molecular formula is C25H18F4N2O. The molecular weight excluding hydrogens is 420 g/mol. The summed E-state index contributed by atoms with van der Waals surface area (Å²) in [6.45, 7) is 0. The summed E-state index contributed by atoms with van der Waals surface area (Å²) < 4.78 is 57.3. The molecule has 0 aliphatic carbocycles. The van der Waals surface area contributed by atoms with Gasteiger partial charge < -0.3 is 4.74 Å². The lowest BCUT2D eigenvalue weighted by molar-refractivity contribution is -0.274. The van der Waals surface area contributed by atoms with Crippen LogP contribution in [0.5, 0.6) is 5.75 Å². The van der Waals surface area contributed by atoms with Crippen molar-refractivity contribution >= 4 is 0 Å². The Kier molecular flexibility index (Phi) is 6.16. The molecule has 2 heterocycles. The van der Waals surface area contributed by atoms with Gasteiger partial charge in [-0.3, -0.25) is 9.97 Å². The third-order valence-electron chi connectivity index (χ3n) is 5.07. The maximum Gasteiger partial charge on any atom is 0.573 e. The van der Waals surface area contributed by atoms with Crippen LogP contribution in [0.4, 0.5) is 17.6 Å². The zero-order valence-electron chi connectivity index (χ0n) is 16.8. The Morgan fingerprint density at radius 2 is 1.44 bits per heavy atom. The molecule has 4 rings (SSSR count). The van der Waals surface area contributed by atoms with Crippen LogP contribution in [0.2, 0.25) is 0 Å². The molecule has 2 aromatic carbocycles. The van der Waals surface area contributed by atoms with E-state index in [9.17, 15) is 17.6 Å². The van der Waals surface area contributed by atoms with Crippen LogP contribution in [0.15, 0.2) is 91.5 Å². The van der Waals surface area contributed by atoms with Gasteiger partial charge in [-0.05, 0) is 59.0 Å². The van der Waals surface area contributed by atoms with Gasteiger partial charge in [0.05, 0.1) is 0 Å². The standard InChI is InChI=1S/C25H18F4N2O/c26-20-10-9-17(23(14-20)21-7-1-2-8-24(21)32-25(27,28)29)13-22(18-5-3-11-30-15-18)19-6-4-12-31-16-19/h1-12,14-16,22H,13H2. The van der Waals surface area contributed by atoms with Crippen LogP contribution in [0.25, 0.3) is 11.1 Å². The van der Waals surface area contributed by atoms with Gasteiger partial charge in [0.25, 0.3) is 0 Å². The Morgan fingerprint density at radius 1 is 0.781 bits per heavy atom. The van der Waals surface area contributed by atoms with Gasteiger partial charge in [-0.1, -0.05) is 36.4 Å². The summed E-state index contributed by atoms with van der Waals surface area (Å²) in [6, 6.07) is 17.3. The van der Waals surface area contributed by atoms with Gasteiger partial charge in [0, 0.05) is 36.3 Å². The summed E-state index contributed by atoms with van der Waals surface area (Å²) in [5.74, 6) is -1.12. The Balaban J connectivity index is 1.81. The Labute approximate surface area is 182 Å². The average molecular weight is 438 g/mol. The van der Waals surface area contributed by atoms with Crippen molar-refractivity contribution in [3.8, 4) is 16.9 Å². The molecule has 0 amide bonds. The molecule has 0 aliphatic rings. The SMILES string of the molecule is Fc1ccc(CC(c2cccnc2)c2cccnc2)c(-c2ccccc2OC(F)(F)F)c1. The lowest BCUT2D eigenvalue weighted by Gasteiger charge is -2.21. The molecule has 0 aliphatic heterocycles. The number of rotatable bonds is 6.